The van der Waals surface area contributed by atoms with Crippen LogP contribution in [0.4, 0.5) is 0 Å². The van der Waals surface area contributed by atoms with Crippen LogP contribution in [-0.2, 0) is 14.4 Å². The van der Waals surface area contributed by atoms with Crippen LogP contribution in [0.1, 0.15) is 23.2 Å². The van der Waals surface area contributed by atoms with Crippen LogP contribution < -0.4 is 0 Å². The van der Waals surface area contributed by atoms with Crippen molar-refractivity contribution in [2.75, 3.05) is 0 Å². The van der Waals surface area contributed by atoms with E-state index in [1.165, 1.54) is 0 Å². The molecule has 0 aromatic heterocycles. The number of halogens is 3. The van der Waals surface area contributed by atoms with Crippen molar-refractivity contribution in [3.63, 3.8) is 0 Å². The quantitative estimate of drug-likeness (QED) is 0.299. The second kappa shape index (κ2) is 6.20. The molecular weight excluding hydrogens is 591 g/mol. The largest absolute Gasteiger partial charge is 0.366 e. The zero-order chi connectivity index (χ0) is 14.2. The molecule has 19 heavy (non-hydrogen) atoms. The van der Waals surface area contributed by atoms with E-state index in [2.05, 4.69) is 22.6 Å². The van der Waals surface area contributed by atoms with E-state index >= 15 is 0 Å². The SMILES string of the molecule is O=C(ON1C(=O)CCC1=O)c1c(I)ccc(I)c1I. The van der Waals surface area contributed by atoms with Gasteiger partial charge in [0.15, 0.2) is 0 Å². The third-order valence-corrected chi connectivity index (χ3v) is 6.38. The number of hydrogen-bond acceptors (Lipinski definition) is 4. The zero-order valence-corrected chi connectivity index (χ0v) is 15.8. The highest BCUT2D eigenvalue weighted by Crippen LogP contribution is 2.26. The third kappa shape index (κ3) is 3.20. The van der Waals surface area contributed by atoms with E-state index in [1.54, 1.807) is 6.07 Å². The predicted molar refractivity (Wildman–Crippen MR) is 91.1 cm³/mol. The molecule has 1 fully saturated rings. The average molecular weight is 597 g/mol. The van der Waals surface area contributed by atoms with Crippen molar-refractivity contribution in [3.8, 4) is 0 Å². The van der Waals surface area contributed by atoms with E-state index in [0.717, 1.165) is 7.14 Å². The number of imide groups is 1. The molecule has 8 heteroatoms. The van der Waals surface area contributed by atoms with E-state index in [-0.39, 0.29) is 12.8 Å². The van der Waals surface area contributed by atoms with Crippen LogP contribution in [0.5, 0.6) is 0 Å². The summed E-state index contributed by atoms with van der Waals surface area (Å²) in [6.07, 6.45) is 0.180. The molecule has 1 saturated heterocycles. The van der Waals surface area contributed by atoms with Crippen LogP contribution in [0.15, 0.2) is 12.1 Å². The van der Waals surface area contributed by atoms with Gasteiger partial charge >= 0.3 is 5.97 Å². The Morgan fingerprint density at radius 1 is 1.05 bits per heavy atom. The first kappa shape index (κ1) is 15.4. The smallest absolute Gasteiger partial charge is 0.325 e. The summed E-state index contributed by atoms with van der Waals surface area (Å²) in [5.74, 6) is -1.64. The average Bonchev–Trinajstić information content (AvgIpc) is 2.66. The predicted octanol–water partition coefficient (Wildman–Crippen LogP) is 2.72. The molecule has 0 bridgehead atoms. The molecule has 0 N–H and O–H groups in total. The summed E-state index contributed by atoms with van der Waals surface area (Å²) in [4.78, 5) is 39.8. The minimum Gasteiger partial charge on any atom is -0.325 e. The van der Waals surface area contributed by atoms with Gasteiger partial charge in [-0.1, -0.05) is 0 Å². The Kier molecular flexibility index (Phi) is 5.03. The van der Waals surface area contributed by atoms with Crippen LogP contribution in [0, 0.1) is 10.7 Å². The molecule has 0 spiro atoms. The van der Waals surface area contributed by atoms with Crippen LogP contribution in [0.3, 0.4) is 0 Å². The molecule has 0 saturated carbocycles. The van der Waals surface area contributed by atoms with Crippen molar-refractivity contribution in [1.29, 1.82) is 0 Å². The second-order valence-electron chi connectivity index (χ2n) is 3.68. The van der Waals surface area contributed by atoms with E-state index in [1.807, 2.05) is 51.2 Å². The van der Waals surface area contributed by atoms with Gasteiger partial charge in [0.1, 0.15) is 0 Å². The van der Waals surface area contributed by atoms with Gasteiger partial charge in [-0.15, -0.1) is 5.06 Å². The van der Waals surface area contributed by atoms with Crippen LogP contribution in [0.2, 0.25) is 0 Å². The Bertz CT molecular complexity index is 572. The Labute approximate surface area is 149 Å². The number of benzene rings is 1. The van der Waals surface area contributed by atoms with Gasteiger partial charge in [0, 0.05) is 23.6 Å². The molecule has 1 aliphatic heterocycles. The third-order valence-electron chi connectivity index (χ3n) is 2.43. The molecule has 5 nitrogen and oxygen atoms in total. The molecule has 1 aliphatic rings. The van der Waals surface area contributed by atoms with Crippen LogP contribution in [-0.4, -0.2) is 22.8 Å². The van der Waals surface area contributed by atoms with Crippen LogP contribution in [0.25, 0.3) is 0 Å². The van der Waals surface area contributed by atoms with Gasteiger partial charge in [-0.2, -0.15) is 0 Å². The summed E-state index contributed by atoms with van der Waals surface area (Å²) in [6, 6.07) is 3.67. The molecule has 1 aromatic carbocycles. The number of nitrogens with zero attached hydrogens (tertiary/aromatic N) is 1. The minimum absolute atomic E-state index is 0.0899. The van der Waals surface area contributed by atoms with Crippen molar-refractivity contribution in [3.05, 3.63) is 28.4 Å². The van der Waals surface area contributed by atoms with E-state index in [0.29, 0.717) is 14.2 Å². The molecule has 1 heterocycles. The minimum atomic E-state index is -0.684. The lowest BCUT2D eigenvalue weighted by Crippen LogP contribution is -2.32. The normalized spacial score (nSPS) is 15.0. The molecule has 0 radical (unpaired) electrons. The van der Waals surface area contributed by atoms with Crippen molar-refractivity contribution in [2.24, 2.45) is 0 Å². The lowest BCUT2D eigenvalue weighted by molar-refractivity contribution is -0.172. The summed E-state index contributed by atoms with van der Waals surface area (Å²) < 4.78 is 2.37. The lowest BCUT2D eigenvalue weighted by Gasteiger charge is -2.14. The van der Waals surface area contributed by atoms with Gasteiger partial charge in [-0.25, -0.2) is 4.79 Å². The maximum atomic E-state index is 12.1. The highest BCUT2D eigenvalue weighted by atomic mass is 127. The fourth-order valence-electron chi connectivity index (χ4n) is 1.50. The Hall–Kier alpha value is 0.0200. The summed E-state index contributed by atoms with van der Waals surface area (Å²) in [7, 11) is 0. The van der Waals surface area contributed by atoms with Crippen molar-refractivity contribution in [2.45, 2.75) is 12.8 Å². The van der Waals surface area contributed by atoms with E-state index in [9.17, 15) is 14.4 Å². The molecular formula is C11H6I3NO4. The molecule has 1 aromatic rings. The van der Waals surface area contributed by atoms with Crippen molar-refractivity contribution in [1.82, 2.24) is 5.06 Å². The molecule has 0 unspecified atom stereocenters. The summed E-state index contributed by atoms with van der Waals surface area (Å²) >= 11 is 6.17. The number of rotatable bonds is 2. The molecule has 0 atom stereocenters. The molecule has 2 amide bonds. The molecule has 2 rings (SSSR count). The van der Waals surface area contributed by atoms with Crippen molar-refractivity contribution < 1.29 is 19.2 Å². The summed E-state index contributed by atoms with van der Waals surface area (Å²) in [5, 5.41) is 0.564. The fourth-order valence-corrected chi connectivity index (χ4v) is 3.83. The van der Waals surface area contributed by atoms with Gasteiger partial charge in [-0.3, -0.25) is 9.59 Å². The van der Waals surface area contributed by atoms with E-state index in [4.69, 9.17) is 4.84 Å². The van der Waals surface area contributed by atoms with Crippen molar-refractivity contribution >= 4 is 85.6 Å². The molecule has 0 aliphatic carbocycles. The van der Waals surface area contributed by atoms with Gasteiger partial charge < -0.3 is 4.84 Å². The molecule has 100 valence electrons. The topological polar surface area (TPSA) is 63.7 Å². The highest BCUT2D eigenvalue weighted by Gasteiger charge is 2.34. The Balaban J connectivity index is 2.28. The Morgan fingerprint density at radius 2 is 1.58 bits per heavy atom. The van der Waals surface area contributed by atoms with Gasteiger partial charge in [-0.05, 0) is 79.9 Å². The number of hydroxylamine groups is 2. The lowest BCUT2D eigenvalue weighted by atomic mass is 10.2. The van der Waals surface area contributed by atoms with Gasteiger partial charge in [0.2, 0.25) is 0 Å². The van der Waals surface area contributed by atoms with Gasteiger partial charge in [0.05, 0.1) is 5.56 Å². The zero-order valence-electron chi connectivity index (χ0n) is 9.28. The second-order valence-corrected chi connectivity index (χ2v) is 7.08. The number of hydrogen-bond donors (Lipinski definition) is 0. The first-order valence-corrected chi connectivity index (χ1v) is 8.37. The monoisotopic (exact) mass is 597 g/mol. The maximum absolute atomic E-state index is 12.1. The maximum Gasteiger partial charge on any atom is 0.366 e. The van der Waals surface area contributed by atoms with E-state index < -0.39 is 17.8 Å². The Morgan fingerprint density at radius 3 is 2.16 bits per heavy atom. The number of carbonyl (C=O) groups excluding carboxylic acids is 3. The van der Waals surface area contributed by atoms with Crippen LogP contribution >= 0.6 is 67.8 Å². The summed E-state index contributed by atoms with van der Waals surface area (Å²) in [5.41, 5.74) is 0.376. The first-order chi connectivity index (χ1) is 8.91. The number of amides is 2. The fraction of sp³-hybridized carbons (Fsp3) is 0.182. The first-order valence-electron chi connectivity index (χ1n) is 5.13. The standard InChI is InChI=1S/C11H6I3NO4/c12-5-1-2-6(13)10(14)9(5)11(18)19-15-7(16)3-4-8(15)17/h1-2H,3-4H2. The number of carbonyl (C=O) groups is 3. The van der Waals surface area contributed by atoms with Gasteiger partial charge in [0.25, 0.3) is 11.8 Å². The highest BCUT2D eigenvalue weighted by molar-refractivity contribution is 14.1. The summed E-state index contributed by atoms with van der Waals surface area (Å²) in [6.45, 7) is 0.